The second kappa shape index (κ2) is 6.28. The van der Waals surface area contributed by atoms with Crippen molar-refractivity contribution in [1.29, 1.82) is 0 Å². The first-order valence-corrected chi connectivity index (χ1v) is 6.94. The molecule has 1 N–H and O–H groups in total. The van der Waals surface area contributed by atoms with Gasteiger partial charge in [0.2, 0.25) is 0 Å². The van der Waals surface area contributed by atoms with Crippen molar-refractivity contribution in [2.24, 2.45) is 0 Å². The molecule has 2 rings (SSSR count). The van der Waals surface area contributed by atoms with E-state index in [2.05, 4.69) is 4.98 Å². The molecule has 1 heterocycles. The Bertz CT molecular complexity index is 764. The molecule has 0 saturated carbocycles. The van der Waals surface area contributed by atoms with E-state index in [1.165, 1.54) is 7.11 Å². The lowest BCUT2D eigenvalue weighted by Gasteiger charge is -2.13. The van der Waals surface area contributed by atoms with Crippen LogP contribution in [0.2, 0.25) is 5.15 Å². The Labute approximate surface area is 127 Å². The van der Waals surface area contributed by atoms with Crippen LogP contribution in [0.15, 0.2) is 33.9 Å². The molecule has 6 heteroatoms. The number of aryl methyl sites for hydroxylation is 1. The molecule has 0 radical (unpaired) electrons. The highest BCUT2D eigenvalue weighted by atomic mass is 35.5. The highest BCUT2D eigenvalue weighted by Crippen LogP contribution is 2.22. The van der Waals surface area contributed by atoms with E-state index in [0.717, 1.165) is 10.1 Å². The zero-order valence-electron chi connectivity index (χ0n) is 12.1. The van der Waals surface area contributed by atoms with Crippen LogP contribution in [0.1, 0.15) is 12.5 Å². The lowest BCUT2D eigenvalue weighted by molar-refractivity contribution is 0.101. The third-order valence-corrected chi connectivity index (χ3v) is 3.57. The number of rotatable bonds is 4. The molecule has 0 fully saturated rings. The molecule has 0 aliphatic heterocycles. The molecule has 2 aromatic rings. The summed E-state index contributed by atoms with van der Waals surface area (Å²) in [4.78, 5) is 27.0. The van der Waals surface area contributed by atoms with Crippen LogP contribution in [0, 0.1) is 6.92 Å². The molecular formula is C15H17ClN2O3. The summed E-state index contributed by atoms with van der Waals surface area (Å²) in [5.41, 5.74) is 1.03. The number of H-pyrrole nitrogens is 1. The maximum absolute atomic E-state index is 12.6. The fraction of sp³-hybridized carbons (Fsp3) is 0.333. The Balaban J connectivity index is 2.65. The van der Waals surface area contributed by atoms with E-state index in [9.17, 15) is 9.59 Å². The molecular weight excluding hydrogens is 292 g/mol. The topological polar surface area (TPSA) is 64.1 Å². The van der Waals surface area contributed by atoms with Crippen molar-refractivity contribution in [1.82, 2.24) is 9.55 Å². The average molecular weight is 309 g/mol. The van der Waals surface area contributed by atoms with Gasteiger partial charge >= 0.3 is 5.69 Å². The molecule has 1 unspecified atom stereocenters. The second-order valence-corrected chi connectivity index (χ2v) is 5.33. The molecule has 1 aromatic carbocycles. The predicted octanol–water partition coefficient (Wildman–Crippen LogP) is 2.20. The van der Waals surface area contributed by atoms with Crippen LogP contribution >= 0.6 is 11.6 Å². The highest BCUT2D eigenvalue weighted by molar-refractivity contribution is 6.32. The molecule has 0 spiro atoms. The SMILES string of the molecule is COC(C)Cn1c(=O)[nH]c(Cl)c(-c2cccc(C)c2)c1=O. The fourth-order valence-electron chi connectivity index (χ4n) is 2.09. The van der Waals surface area contributed by atoms with Gasteiger partial charge in [-0.15, -0.1) is 0 Å². The first-order chi connectivity index (χ1) is 9.93. The van der Waals surface area contributed by atoms with Gasteiger partial charge in [0.15, 0.2) is 0 Å². The number of aromatic amines is 1. The minimum absolute atomic E-state index is 0.0527. The van der Waals surface area contributed by atoms with Crippen molar-refractivity contribution in [2.45, 2.75) is 26.5 Å². The third kappa shape index (κ3) is 3.25. The average Bonchev–Trinajstić information content (AvgIpc) is 2.43. The van der Waals surface area contributed by atoms with Crippen molar-refractivity contribution < 1.29 is 4.74 Å². The summed E-state index contributed by atoms with van der Waals surface area (Å²) >= 11 is 6.06. The van der Waals surface area contributed by atoms with E-state index < -0.39 is 11.2 Å². The van der Waals surface area contributed by atoms with Gasteiger partial charge < -0.3 is 4.74 Å². The molecule has 21 heavy (non-hydrogen) atoms. The Kier molecular flexibility index (Phi) is 4.65. The number of hydrogen-bond acceptors (Lipinski definition) is 3. The standard InChI is InChI=1S/C15H17ClN2O3/c1-9-5-4-6-11(7-9)12-13(16)17-15(20)18(14(12)19)8-10(2)21-3/h4-7,10H,8H2,1-3H3,(H,17,20). The molecule has 0 bridgehead atoms. The Hall–Kier alpha value is -1.85. The zero-order valence-corrected chi connectivity index (χ0v) is 12.9. The first-order valence-electron chi connectivity index (χ1n) is 6.56. The third-order valence-electron chi connectivity index (χ3n) is 3.29. The van der Waals surface area contributed by atoms with E-state index in [-0.39, 0.29) is 17.8 Å². The quantitative estimate of drug-likeness (QED) is 0.881. The number of nitrogens with one attached hydrogen (secondary N) is 1. The van der Waals surface area contributed by atoms with Crippen molar-refractivity contribution in [2.75, 3.05) is 7.11 Å². The molecule has 112 valence electrons. The van der Waals surface area contributed by atoms with Gasteiger partial charge in [-0.05, 0) is 19.4 Å². The molecule has 0 amide bonds. The first kappa shape index (κ1) is 15.5. The van der Waals surface area contributed by atoms with Gasteiger partial charge in [0.25, 0.3) is 5.56 Å². The minimum atomic E-state index is -0.537. The van der Waals surface area contributed by atoms with E-state index in [1.807, 2.05) is 25.1 Å². The lowest BCUT2D eigenvalue weighted by Crippen LogP contribution is -2.39. The van der Waals surface area contributed by atoms with Crippen molar-refractivity contribution in [3.8, 4) is 11.1 Å². The monoisotopic (exact) mass is 308 g/mol. The molecule has 0 saturated heterocycles. The zero-order chi connectivity index (χ0) is 15.6. The second-order valence-electron chi connectivity index (χ2n) is 4.95. The molecule has 1 atom stereocenters. The summed E-state index contributed by atoms with van der Waals surface area (Å²) in [5.74, 6) is 0. The van der Waals surface area contributed by atoms with E-state index >= 15 is 0 Å². The van der Waals surface area contributed by atoms with Crippen LogP contribution < -0.4 is 11.2 Å². The Morgan fingerprint density at radius 3 is 2.71 bits per heavy atom. The lowest BCUT2D eigenvalue weighted by atomic mass is 10.1. The van der Waals surface area contributed by atoms with Crippen LogP contribution in [-0.2, 0) is 11.3 Å². The maximum atomic E-state index is 12.6. The number of halogens is 1. The van der Waals surface area contributed by atoms with Gasteiger partial charge in [-0.3, -0.25) is 14.3 Å². The van der Waals surface area contributed by atoms with Crippen LogP contribution in [0.5, 0.6) is 0 Å². The van der Waals surface area contributed by atoms with Crippen molar-refractivity contribution >= 4 is 11.6 Å². The smallest absolute Gasteiger partial charge is 0.329 e. The summed E-state index contributed by atoms with van der Waals surface area (Å²) in [7, 11) is 1.53. The Morgan fingerprint density at radius 1 is 1.38 bits per heavy atom. The van der Waals surface area contributed by atoms with Gasteiger partial charge in [0.05, 0.1) is 18.2 Å². The van der Waals surface area contributed by atoms with Crippen LogP contribution in [0.4, 0.5) is 0 Å². The van der Waals surface area contributed by atoms with E-state index in [4.69, 9.17) is 16.3 Å². The summed E-state index contributed by atoms with van der Waals surface area (Å²) in [6, 6.07) is 7.41. The normalized spacial score (nSPS) is 12.4. The van der Waals surface area contributed by atoms with Crippen LogP contribution in [-0.4, -0.2) is 22.8 Å². The summed E-state index contributed by atoms with van der Waals surface area (Å²) in [6.07, 6.45) is -0.254. The molecule has 0 aliphatic carbocycles. The maximum Gasteiger partial charge on any atom is 0.329 e. The summed E-state index contributed by atoms with van der Waals surface area (Å²) in [6.45, 7) is 3.88. The number of nitrogens with zero attached hydrogens (tertiary/aromatic N) is 1. The number of methoxy groups -OCH3 is 1. The largest absolute Gasteiger partial charge is 0.380 e. The minimum Gasteiger partial charge on any atom is -0.380 e. The summed E-state index contributed by atoms with van der Waals surface area (Å²) < 4.78 is 6.22. The van der Waals surface area contributed by atoms with Gasteiger partial charge in [0.1, 0.15) is 5.15 Å². The molecule has 5 nitrogen and oxygen atoms in total. The van der Waals surface area contributed by atoms with Gasteiger partial charge in [0, 0.05) is 7.11 Å². The van der Waals surface area contributed by atoms with Gasteiger partial charge in [-0.1, -0.05) is 41.4 Å². The number of ether oxygens (including phenoxy) is 1. The highest BCUT2D eigenvalue weighted by Gasteiger charge is 2.16. The number of aromatic nitrogens is 2. The van der Waals surface area contributed by atoms with Crippen LogP contribution in [0.3, 0.4) is 0 Å². The Morgan fingerprint density at radius 2 is 2.10 bits per heavy atom. The van der Waals surface area contributed by atoms with Crippen molar-refractivity contribution in [3.05, 3.63) is 55.8 Å². The fourth-order valence-corrected chi connectivity index (χ4v) is 2.36. The van der Waals surface area contributed by atoms with E-state index in [1.54, 1.807) is 13.0 Å². The van der Waals surface area contributed by atoms with Gasteiger partial charge in [-0.2, -0.15) is 0 Å². The number of benzene rings is 1. The molecule has 0 aliphatic rings. The predicted molar refractivity (Wildman–Crippen MR) is 83.0 cm³/mol. The van der Waals surface area contributed by atoms with Gasteiger partial charge in [-0.25, -0.2) is 4.79 Å². The number of hydrogen-bond donors (Lipinski definition) is 1. The van der Waals surface area contributed by atoms with E-state index in [0.29, 0.717) is 11.1 Å². The molecule has 1 aromatic heterocycles. The van der Waals surface area contributed by atoms with Crippen LogP contribution in [0.25, 0.3) is 11.1 Å². The van der Waals surface area contributed by atoms with Crippen molar-refractivity contribution in [3.63, 3.8) is 0 Å². The summed E-state index contributed by atoms with van der Waals surface area (Å²) in [5, 5.41) is 0.0527.